The second kappa shape index (κ2) is 6.72. The number of hydrogen-bond acceptors (Lipinski definition) is 2. The molecule has 1 aliphatic heterocycles. The molecule has 21 heavy (non-hydrogen) atoms. The Hall–Kier alpha value is -2.59. The van der Waals surface area contributed by atoms with E-state index in [-0.39, 0.29) is 0 Å². The third kappa shape index (κ3) is 3.12. The highest BCUT2D eigenvalue weighted by Crippen LogP contribution is 2.35. The van der Waals surface area contributed by atoms with Gasteiger partial charge in [0.2, 0.25) is 0 Å². The maximum absolute atomic E-state index is 11.8. The summed E-state index contributed by atoms with van der Waals surface area (Å²) >= 11 is 0. The molecule has 0 radical (unpaired) electrons. The second-order valence-corrected chi connectivity index (χ2v) is 4.53. The number of nitrogens with two attached hydrogens (primary N) is 2. The lowest BCUT2D eigenvalue weighted by Gasteiger charge is -2.22. The Labute approximate surface area is 124 Å². The SMILES string of the molecule is CCN.NC(=O)N1c2ccccc2C=Cc2ccccc21. The average molecular weight is 281 g/mol. The molecule has 1 heterocycles. The Balaban J connectivity index is 0.000000497. The first-order valence-corrected chi connectivity index (χ1v) is 6.84. The maximum Gasteiger partial charge on any atom is 0.323 e. The van der Waals surface area contributed by atoms with Crippen molar-refractivity contribution >= 4 is 29.6 Å². The van der Waals surface area contributed by atoms with Crippen molar-refractivity contribution < 1.29 is 4.79 Å². The van der Waals surface area contributed by atoms with Crippen molar-refractivity contribution in [3.8, 4) is 0 Å². The first kappa shape index (κ1) is 14.8. The second-order valence-electron chi connectivity index (χ2n) is 4.53. The van der Waals surface area contributed by atoms with Gasteiger partial charge in [-0.1, -0.05) is 55.5 Å². The fourth-order valence-electron chi connectivity index (χ4n) is 2.21. The summed E-state index contributed by atoms with van der Waals surface area (Å²) in [5, 5.41) is 0. The summed E-state index contributed by atoms with van der Waals surface area (Å²) in [4.78, 5) is 13.3. The predicted octanol–water partition coefficient (Wildman–Crippen LogP) is 3.35. The Morgan fingerprint density at radius 2 is 1.33 bits per heavy atom. The largest absolute Gasteiger partial charge is 0.351 e. The van der Waals surface area contributed by atoms with Crippen molar-refractivity contribution in [2.24, 2.45) is 11.5 Å². The normalized spacial score (nSPS) is 11.6. The minimum absolute atomic E-state index is 0.474. The molecule has 0 atom stereocenters. The lowest BCUT2D eigenvalue weighted by atomic mass is 10.1. The van der Waals surface area contributed by atoms with Gasteiger partial charge in [0.1, 0.15) is 0 Å². The van der Waals surface area contributed by atoms with Crippen LogP contribution in [0.25, 0.3) is 12.2 Å². The Bertz CT molecular complexity index is 615. The van der Waals surface area contributed by atoms with Crippen LogP contribution >= 0.6 is 0 Å². The van der Waals surface area contributed by atoms with Crippen LogP contribution in [0.4, 0.5) is 16.2 Å². The van der Waals surface area contributed by atoms with E-state index >= 15 is 0 Å². The molecule has 0 saturated heterocycles. The van der Waals surface area contributed by atoms with E-state index in [1.165, 1.54) is 0 Å². The summed E-state index contributed by atoms with van der Waals surface area (Å²) in [7, 11) is 0. The molecule has 4 N–H and O–H groups in total. The van der Waals surface area contributed by atoms with Crippen LogP contribution in [0.15, 0.2) is 48.5 Å². The lowest BCUT2D eigenvalue weighted by molar-refractivity contribution is 0.256. The summed E-state index contributed by atoms with van der Waals surface area (Å²) in [6.45, 7) is 2.65. The number of fused-ring (bicyclic) bond motifs is 2. The Morgan fingerprint density at radius 1 is 0.952 bits per heavy atom. The van der Waals surface area contributed by atoms with Crippen molar-refractivity contribution in [1.82, 2.24) is 0 Å². The number of carbonyl (C=O) groups is 1. The third-order valence-electron chi connectivity index (χ3n) is 3.02. The number of benzene rings is 2. The number of anilines is 2. The van der Waals surface area contributed by atoms with Crippen LogP contribution in [0.5, 0.6) is 0 Å². The molecular formula is C17H19N3O. The topological polar surface area (TPSA) is 72.3 Å². The van der Waals surface area contributed by atoms with Gasteiger partial charge in [0.25, 0.3) is 0 Å². The predicted molar refractivity (Wildman–Crippen MR) is 88.3 cm³/mol. The number of hydrogen-bond donors (Lipinski definition) is 2. The number of primary amides is 1. The van der Waals surface area contributed by atoms with E-state index < -0.39 is 6.03 Å². The van der Waals surface area contributed by atoms with E-state index in [2.05, 4.69) is 0 Å². The minimum Gasteiger partial charge on any atom is -0.351 e. The van der Waals surface area contributed by atoms with E-state index in [4.69, 9.17) is 11.5 Å². The number of urea groups is 1. The van der Waals surface area contributed by atoms with Crippen molar-refractivity contribution in [2.45, 2.75) is 6.92 Å². The molecular weight excluding hydrogens is 262 g/mol. The molecule has 0 aliphatic carbocycles. The van der Waals surface area contributed by atoms with E-state index in [0.717, 1.165) is 29.0 Å². The van der Waals surface area contributed by atoms with Crippen LogP contribution < -0.4 is 16.4 Å². The molecule has 0 unspecified atom stereocenters. The van der Waals surface area contributed by atoms with Crippen molar-refractivity contribution in [3.63, 3.8) is 0 Å². The summed E-state index contributed by atoms with van der Waals surface area (Å²) in [6, 6.07) is 14.9. The first-order chi connectivity index (χ1) is 10.2. The minimum atomic E-state index is -0.474. The average Bonchev–Trinajstić information content (AvgIpc) is 2.64. The monoisotopic (exact) mass is 281 g/mol. The molecule has 4 heteroatoms. The summed E-state index contributed by atoms with van der Waals surface area (Å²) in [5.74, 6) is 0. The zero-order valence-corrected chi connectivity index (χ0v) is 12.0. The fraction of sp³-hybridized carbons (Fsp3) is 0.118. The molecule has 2 amide bonds. The van der Waals surface area contributed by atoms with Crippen LogP contribution in [0.2, 0.25) is 0 Å². The molecule has 1 aliphatic rings. The molecule has 0 saturated carbocycles. The van der Waals surface area contributed by atoms with E-state index in [1.807, 2.05) is 67.6 Å². The fourth-order valence-corrected chi connectivity index (χ4v) is 2.21. The van der Waals surface area contributed by atoms with Gasteiger partial charge in [0.05, 0.1) is 11.4 Å². The lowest BCUT2D eigenvalue weighted by Crippen LogP contribution is -2.32. The third-order valence-corrected chi connectivity index (χ3v) is 3.02. The van der Waals surface area contributed by atoms with Gasteiger partial charge in [0.15, 0.2) is 0 Å². The van der Waals surface area contributed by atoms with Gasteiger partial charge in [-0.15, -0.1) is 0 Å². The molecule has 4 nitrogen and oxygen atoms in total. The molecule has 3 rings (SSSR count). The molecule has 0 fully saturated rings. The highest BCUT2D eigenvalue weighted by atomic mass is 16.2. The van der Waals surface area contributed by atoms with Gasteiger partial charge in [-0.05, 0) is 29.8 Å². The van der Waals surface area contributed by atoms with Gasteiger partial charge < -0.3 is 11.5 Å². The number of amides is 2. The molecule has 0 bridgehead atoms. The van der Waals surface area contributed by atoms with Gasteiger partial charge in [-0.25, -0.2) is 4.79 Å². The van der Waals surface area contributed by atoms with Crippen molar-refractivity contribution in [2.75, 3.05) is 11.4 Å². The van der Waals surface area contributed by atoms with Gasteiger partial charge in [-0.3, -0.25) is 4.90 Å². The smallest absolute Gasteiger partial charge is 0.323 e. The molecule has 0 spiro atoms. The quantitative estimate of drug-likeness (QED) is 0.777. The van der Waals surface area contributed by atoms with Crippen LogP contribution in [0, 0.1) is 0 Å². The zero-order valence-electron chi connectivity index (χ0n) is 12.0. The van der Waals surface area contributed by atoms with E-state index in [9.17, 15) is 4.79 Å². The van der Waals surface area contributed by atoms with Gasteiger partial charge in [-0.2, -0.15) is 0 Å². The summed E-state index contributed by atoms with van der Waals surface area (Å²) < 4.78 is 0. The Kier molecular flexibility index (Phi) is 4.74. The standard InChI is InChI=1S/C15H12N2O.C2H7N/c16-15(18)17-13-7-3-1-5-11(13)9-10-12-6-2-4-8-14(12)17;1-2-3/h1-10H,(H2,16,18);2-3H2,1H3. The number of carbonyl (C=O) groups excluding carboxylic acids is 1. The number of nitrogens with zero attached hydrogens (tertiary/aromatic N) is 1. The molecule has 2 aromatic rings. The molecule has 2 aromatic carbocycles. The van der Waals surface area contributed by atoms with Crippen LogP contribution in [0.1, 0.15) is 18.1 Å². The molecule has 0 aromatic heterocycles. The van der Waals surface area contributed by atoms with Crippen LogP contribution in [0.3, 0.4) is 0 Å². The van der Waals surface area contributed by atoms with Gasteiger partial charge >= 0.3 is 6.03 Å². The van der Waals surface area contributed by atoms with Gasteiger partial charge in [0, 0.05) is 0 Å². The number of rotatable bonds is 0. The highest BCUT2D eigenvalue weighted by Gasteiger charge is 2.21. The van der Waals surface area contributed by atoms with Crippen LogP contribution in [-0.2, 0) is 0 Å². The number of para-hydroxylation sites is 2. The Morgan fingerprint density at radius 3 is 1.71 bits per heavy atom. The maximum atomic E-state index is 11.8. The van der Waals surface area contributed by atoms with E-state index in [1.54, 1.807) is 4.90 Å². The van der Waals surface area contributed by atoms with Crippen molar-refractivity contribution in [1.29, 1.82) is 0 Å². The van der Waals surface area contributed by atoms with Crippen LogP contribution in [-0.4, -0.2) is 12.6 Å². The highest BCUT2D eigenvalue weighted by molar-refractivity contribution is 6.04. The van der Waals surface area contributed by atoms with E-state index in [0.29, 0.717) is 0 Å². The summed E-state index contributed by atoms with van der Waals surface area (Å²) in [5.41, 5.74) is 14.0. The van der Waals surface area contributed by atoms with Crippen molar-refractivity contribution in [3.05, 3.63) is 59.7 Å². The summed E-state index contributed by atoms with van der Waals surface area (Å²) in [6.07, 6.45) is 3.99. The zero-order chi connectivity index (χ0) is 15.2. The molecule has 108 valence electrons. The first-order valence-electron chi connectivity index (χ1n) is 6.84.